The monoisotopic (exact) mass is 346 g/mol. The van der Waals surface area contributed by atoms with Crippen LogP contribution in [0.5, 0.6) is 5.75 Å². The molecule has 2 aromatic rings. The van der Waals surface area contributed by atoms with Gasteiger partial charge < -0.3 is 15.4 Å². The predicted octanol–water partition coefficient (Wildman–Crippen LogP) is 4.88. The second-order valence-corrected chi connectivity index (χ2v) is 6.16. The molecule has 0 radical (unpaired) electrons. The van der Waals surface area contributed by atoms with Gasteiger partial charge >= 0.3 is 0 Å². The summed E-state index contributed by atoms with van der Waals surface area (Å²) in [7, 11) is 0. The van der Waals surface area contributed by atoms with Gasteiger partial charge in [0.2, 0.25) is 5.91 Å². The number of anilines is 2. The number of nitrogens with one attached hydrogen (secondary N) is 2. The number of ether oxygens (including phenoxy) is 1. The van der Waals surface area contributed by atoms with Crippen LogP contribution in [0.3, 0.4) is 0 Å². The molecule has 0 heterocycles. The van der Waals surface area contributed by atoms with Crippen molar-refractivity contribution in [2.24, 2.45) is 0 Å². The van der Waals surface area contributed by atoms with E-state index in [-0.39, 0.29) is 18.6 Å². The molecule has 0 aliphatic heterocycles. The van der Waals surface area contributed by atoms with E-state index in [2.05, 4.69) is 17.6 Å². The van der Waals surface area contributed by atoms with Crippen molar-refractivity contribution in [1.29, 1.82) is 0 Å². The predicted molar refractivity (Wildman–Crippen MR) is 100 cm³/mol. The third-order valence-electron chi connectivity index (χ3n) is 3.67. The molecule has 0 aliphatic carbocycles. The maximum atomic E-state index is 12.1. The highest BCUT2D eigenvalue weighted by Crippen LogP contribution is 2.21. The van der Waals surface area contributed by atoms with Gasteiger partial charge in [-0.3, -0.25) is 4.79 Å². The molecule has 1 unspecified atom stereocenters. The Balaban J connectivity index is 1.92. The lowest BCUT2D eigenvalue weighted by Gasteiger charge is -2.14. The maximum absolute atomic E-state index is 12.1. The third kappa shape index (κ3) is 5.46. The van der Waals surface area contributed by atoms with Crippen molar-refractivity contribution in [3.05, 3.63) is 53.1 Å². The lowest BCUT2D eigenvalue weighted by molar-refractivity contribution is -0.114. The maximum Gasteiger partial charge on any atom is 0.243 e. The molecule has 24 heavy (non-hydrogen) atoms. The van der Waals surface area contributed by atoms with E-state index in [1.807, 2.05) is 44.2 Å². The SMILES string of the molecule is CCC(C)Oc1cccc(NCC(=O)Nc2cc(Cl)ccc2C)c1. The molecular formula is C19H23ClN2O2. The zero-order chi connectivity index (χ0) is 17.5. The molecule has 2 aromatic carbocycles. The molecule has 2 N–H and O–H groups in total. The zero-order valence-corrected chi connectivity index (χ0v) is 15.0. The average Bonchev–Trinajstić information content (AvgIpc) is 2.56. The largest absolute Gasteiger partial charge is 0.491 e. The van der Waals surface area contributed by atoms with Crippen molar-refractivity contribution in [2.75, 3.05) is 17.2 Å². The van der Waals surface area contributed by atoms with Crippen molar-refractivity contribution in [2.45, 2.75) is 33.3 Å². The molecule has 0 aromatic heterocycles. The minimum absolute atomic E-state index is 0.131. The highest BCUT2D eigenvalue weighted by molar-refractivity contribution is 6.31. The number of rotatable bonds is 7. The fourth-order valence-corrected chi connectivity index (χ4v) is 2.27. The summed E-state index contributed by atoms with van der Waals surface area (Å²) in [6.45, 7) is 6.20. The molecule has 0 aliphatic rings. The van der Waals surface area contributed by atoms with E-state index in [0.717, 1.165) is 29.1 Å². The number of halogens is 1. The molecule has 0 bridgehead atoms. The van der Waals surface area contributed by atoms with Crippen LogP contribution in [-0.4, -0.2) is 18.6 Å². The molecule has 0 saturated carbocycles. The van der Waals surface area contributed by atoms with Crippen molar-refractivity contribution >= 4 is 28.9 Å². The van der Waals surface area contributed by atoms with Crippen LogP contribution in [0.4, 0.5) is 11.4 Å². The van der Waals surface area contributed by atoms with Crippen LogP contribution < -0.4 is 15.4 Å². The third-order valence-corrected chi connectivity index (χ3v) is 3.91. The van der Waals surface area contributed by atoms with Crippen LogP contribution >= 0.6 is 11.6 Å². The van der Waals surface area contributed by atoms with Crippen molar-refractivity contribution in [1.82, 2.24) is 0 Å². The van der Waals surface area contributed by atoms with E-state index in [4.69, 9.17) is 16.3 Å². The van der Waals surface area contributed by atoms with Gasteiger partial charge in [-0.05, 0) is 50.1 Å². The summed E-state index contributed by atoms with van der Waals surface area (Å²) in [6.07, 6.45) is 1.10. The Morgan fingerprint density at radius 3 is 2.79 bits per heavy atom. The Morgan fingerprint density at radius 1 is 1.25 bits per heavy atom. The fraction of sp³-hybridized carbons (Fsp3) is 0.316. The van der Waals surface area contributed by atoms with Crippen LogP contribution in [0.2, 0.25) is 5.02 Å². The minimum atomic E-state index is -0.131. The summed E-state index contributed by atoms with van der Waals surface area (Å²) in [6, 6.07) is 13.0. The van der Waals surface area contributed by atoms with Crippen molar-refractivity contribution < 1.29 is 9.53 Å². The molecule has 1 amide bonds. The first kappa shape index (κ1) is 18.1. The van der Waals surface area contributed by atoms with Gasteiger partial charge in [0.1, 0.15) is 5.75 Å². The summed E-state index contributed by atoms with van der Waals surface area (Å²) < 4.78 is 5.78. The van der Waals surface area contributed by atoms with Gasteiger partial charge in [-0.1, -0.05) is 30.7 Å². The highest BCUT2D eigenvalue weighted by Gasteiger charge is 2.06. The van der Waals surface area contributed by atoms with E-state index < -0.39 is 0 Å². The van der Waals surface area contributed by atoms with Gasteiger partial charge in [0.25, 0.3) is 0 Å². The summed E-state index contributed by atoms with van der Waals surface area (Å²) in [5.41, 5.74) is 2.54. The number of carbonyl (C=O) groups is 1. The van der Waals surface area contributed by atoms with Crippen LogP contribution in [0.1, 0.15) is 25.8 Å². The topological polar surface area (TPSA) is 50.4 Å². The van der Waals surface area contributed by atoms with Gasteiger partial charge in [0.05, 0.1) is 12.6 Å². The lowest BCUT2D eigenvalue weighted by atomic mass is 10.2. The summed E-state index contributed by atoms with van der Waals surface area (Å²) in [5.74, 6) is 0.661. The van der Waals surface area contributed by atoms with E-state index >= 15 is 0 Å². The van der Waals surface area contributed by atoms with Crippen LogP contribution in [0, 0.1) is 6.92 Å². The van der Waals surface area contributed by atoms with E-state index in [1.165, 1.54) is 0 Å². The molecule has 0 fully saturated rings. The van der Waals surface area contributed by atoms with Gasteiger partial charge in [-0.2, -0.15) is 0 Å². The Labute approximate surface area is 148 Å². The Hall–Kier alpha value is -2.20. The molecule has 128 valence electrons. The van der Waals surface area contributed by atoms with Gasteiger partial charge in [-0.25, -0.2) is 0 Å². The highest BCUT2D eigenvalue weighted by atomic mass is 35.5. The number of carbonyl (C=O) groups excluding carboxylic acids is 1. The molecule has 4 nitrogen and oxygen atoms in total. The number of hydrogen-bond acceptors (Lipinski definition) is 3. The zero-order valence-electron chi connectivity index (χ0n) is 14.2. The van der Waals surface area contributed by atoms with Crippen LogP contribution in [0.25, 0.3) is 0 Å². The first-order valence-electron chi connectivity index (χ1n) is 8.04. The summed E-state index contributed by atoms with van der Waals surface area (Å²) in [5, 5.41) is 6.56. The molecular weight excluding hydrogens is 324 g/mol. The normalized spacial score (nSPS) is 11.7. The Bertz CT molecular complexity index is 704. The van der Waals surface area contributed by atoms with Crippen molar-refractivity contribution in [3.8, 4) is 5.75 Å². The quantitative estimate of drug-likeness (QED) is 0.751. The number of benzene rings is 2. The minimum Gasteiger partial charge on any atom is -0.491 e. The van der Waals surface area contributed by atoms with Crippen molar-refractivity contribution in [3.63, 3.8) is 0 Å². The average molecular weight is 347 g/mol. The van der Waals surface area contributed by atoms with E-state index in [0.29, 0.717) is 5.02 Å². The van der Waals surface area contributed by atoms with Crippen LogP contribution in [-0.2, 0) is 4.79 Å². The lowest BCUT2D eigenvalue weighted by Crippen LogP contribution is -2.22. The van der Waals surface area contributed by atoms with Gasteiger partial charge in [0.15, 0.2) is 0 Å². The number of hydrogen-bond donors (Lipinski definition) is 2. The van der Waals surface area contributed by atoms with E-state index in [1.54, 1.807) is 12.1 Å². The van der Waals surface area contributed by atoms with Gasteiger partial charge in [0, 0.05) is 22.5 Å². The Kier molecular flexibility index (Phi) is 6.50. The molecule has 2 rings (SSSR count). The second-order valence-electron chi connectivity index (χ2n) is 5.73. The summed E-state index contributed by atoms with van der Waals surface area (Å²) >= 11 is 5.96. The molecule has 0 saturated heterocycles. The first-order chi connectivity index (χ1) is 11.5. The summed E-state index contributed by atoms with van der Waals surface area (Å²) in [4.78, 5) is 12.1. The van der Waals surface area contributed by atoms with Crippen LogP contribution in [0.15, 0.2) is 42.5 Å². The smallest absolute Gasteiger partial charge is 0.243 e. The number of amides is 1. The standard InChI is InChI=1S/C19H23ClN2O2/c1-4-14(3)24-17-7-5-6-16(11-17)21-12-19(23)22-18-10-15(20)9-8-13(18)2/h5-11,14,21H,4,12H2,1-3H3,(H,22,23). The molecule has 5 heteroatoms. The molecule has 0 spiro atoms. The number of aryl methyl sites for hydroxylation is 1. The molecule has 1 atom stereocenters. The second kappa shape index (κ2) is 8.60. The Morgan fingerprint density at radius 2 is 2.04 bits per heavy atom. The first-order valence-corrected chi connectivity index (χ1v) is 8.42. The van der Waals surface area contributed by atoms with Gasteiger partial charge in [-0.15, -0.1) is 0 Å². The fourth-order valence-electron chi connectivity index (χ4n) is 2.10. The van der Waals surface area contributed by atoms with E-state index in [9.17, 15) is 4.79 Å².